The van der Waals surface area contributed by atoms with Crippen molar-refractivity contribution in [3.05, 3.63) is 58.0 Å². The third-order valence-corrected chi connectivity index (χ3v) is 3.93. The molecule has 0 bridgehead atoms. The van der Waals surface area contributed by atoms with Gasteiger partial charge in [0.1, 0.15) is 11.5 Å². The Morgan fingerprint density at radius 2 is 1.95 bits per heavy atom. The first-order valence-electron chi connectivity index (χ1n) is 6.75. The summed E-state index contributed by atoms with van der Waals surface area (Å²) in [6.07, 6.45) is 0. The molecule has 0 radical (unpaired) electrons. The van der Waals surface area contributed by atoms with E-state index in [1.807, 2.05) is 19.1 Å². The van der Waals surface area contributed by atoms with E-state index in [9.17, 15) is 0 Å². The maximum atomic E-state index is 5.92. The molecule has 0 fully saturated rings. The first-order chi connectivity index (χ1) is 9.51. The van der Waals surface area contributed by atoms with Crippen molar-refractivity contribution in [3.8, 4) is 0 Å². The molecule has 1 heterocycles. The molecule has 0 aliphatic rings. The van der Waals surface area contributed by atoms with Crippen LogP contribution in [0.3, 0.4) is 0 Å². The van der Waals surface area contributed by atoms with Crippen molar-refractivity contribution in [2.45, 2.75) is 33.0 Å². The minimum absolute atomic E-state index is 0.291. The number of nitrogens with zero attached hydrogens (tertiary/aromatic N) is 1. The monoisotopic (exact) mass is 292 g/mol. The Labute approximate surface area is 125 Å². The van der Waals surface area contributed by atoms with E-state index >= 15 is 0 Å². The molecular weight excluding hydrogens is 272 g/mol. The normalized spacial score (nSPS) is 12.9. The summed E-state index contributed by atoms with van der Waals surface area (Å²) in [5.41, 5.74) is 8.00. The Balaban J connectivity index is 2.06. The molecule has 1 aromatic carbocycles. The van der Waals surface area contributed by atoms with Gasteiger partial charge in [-0.1, -0.05) is 23.7 Å². The number of nitrogens with two attached hydrogens (primary N) is 1. The molecule has 1 aromatic heterocycles. The third kappa shape index (κ3) is 3.42. The van der Waals surface area contributed by atoms with Crippen molar-refractivity contribution in [3.63, 3.8) is 0 Å². The maximum absolute atomic E-state index is 5.92. The fraction of sp³-hybridized carbons (Fsp3) is 0.375. The van der Waals surface area contributed by atoms with Crippen LogP contribution in [0.15, 0.2) is 34.7 Å². The van der Waals surface area contributed by atoms with E-state index in [0.717, 1.165) is 28.7 Å². The van der Waals surface area contributed by atoms with Crippen molar-refractivity contribution in [2.75, 3.05) is 7.05 Å². The van der Waals surface area contributed by atoms with Crippen molar-refractivity contribution < 1.29 is 4.42 Å². The van der Waals surface area contributed by atoms with Gasteiger partial charge in [0.05, 0.1) is 13.1 Å². The molecule has 108 valence electrons. The van der Waals surface area contributed by atoms with Gasteiger partial charge in [-0.05, 0) is 50.2 Å². The molecule has 1 atom stereocenters. The SMILES string of the molecule is Cc1cc(CN(C)C(C)c2ccc(Cl)cc2)oc1CN. The van der Waals surface area contributed by atoms with Crippen LogP contribution in [0.4, 0.5) is 0 Å². The summed E-state index contributed by atoms with van der Waals surface area (Å²) in [4.78, 5) is 2.24. The van der Waals surface area contributed by atoms with Gasteiger partial charge in [0, 0.05) is 11.1 Å². The number of furan rings is 1. The lowest BCUT2D eigenvalue weighted by molar-refractivity contribution is 0.230. The summed E-state index contributed by atoms with van der Waals surface area (Å²) in [6, 6.07) is 10.3. The van der Waals surface area contributed by atoms with Gasteiger partial charge in [0.15, 0.2) is 0 Å². The lowest BCUT2D eigenvalue weighted by Crippen LogP contribution is -2.21. The summed E-state index contributed by atoms with van der Waals surface area (Å²) in [5, 5.41) is 0.762. The van der Waals surface area contributed by atoms with Gasteiger partial charge in [0.2, 0.25) is 0 Å². The second kappa shape index (κ2) is 6.44. The molecule has 2 N–H and O–H groups in total. The van der Waals surface area contributed by atoms with Crippen LogP contribution in [0.2, 0.25) is 5.02 Å². The summed E-state index contributed by atoms with van der Waals surface area (Å²) in [6.45, 7) is 5.40. The summed E-state index contributed by atoms with van der Waals surface area (Å²) in [7, 11) is 2.08. The quantitative estimate of drug-likeness (QED) is 0.909. The van der Waals surface area contributed by atoms with Crippen LogP contribution in [0.5, 0.6) is 0 Å². The van der Waals surface area contributed by atoms with Crippen LogP contribution >= 0.6 is 11.6 Å². The number of halogens is 1. The highest BCUT2D eigenvalue weighted by Gasteiger charge is 2.14. The van der Waals surface area contributed by atoms with Gasteiger partial charge in [-0.3, -0.25) is 4.90 Å². The van der Waals surface area contributed by atoms with Crippen molar-refractivity contribution in [1.82, 2.24) is 4.90 Å². The van der Waals surface area contributed by atoms with Gasteiger partial charge in [-0.15, -0.1) is 0 Å². The molecule has 1 unspecified atom stereocenters. The molecule has 4 heteroatoms. The number of hydrogen-bond acceptors (Lipinski definition) is 3. The molecular formula is C16H21ClN2O. The van der Waals surface area contributed by atoms with Crippen molar-refractivity contribution >= 4 is 11.6 Å². The van der Waals surface area contributed by atoms with Gasteiger partial charge < -0.3 is 10.2 Å². The van der Waals surface area contributed by atoms with E-state index in [-0.39, 0.29) is 0 Å². The zero-order valence-corrected chi connectivity index (χ0v) is 12.9. The first-order valence-corrected chi connectivity index (χ1v) is 7.13. The molecule has 0 saturated carbocycles. The fourth-order valence-electron chi connectivity index (χ4n) is 2.25. The predicted molar refractivity (Wildman–Crippen MR) is 82.7 cm³/mol. The second-order valence-corrected chi connectivity index (χ2v) is 5.60. The minimum atomic E-state index is 0.291. The van der Waals surface area contributed by atoms with E-state index in [2.05, 4.69) is 37.1 Å². The zero-order valence-electron chi connectivity index (χ0n) is 12.2. The van der Waals surface area contributed by atoms with E-state index in [0.29, 0.717) is 12.6 Å². The lowest BCUT2D eigenvalue weighted by Gasteiger charge is -2.24. The smallest absolute Gasteiger partial charge is 0.120 e. The van der Waals surface area contributed by atoms with Crippen LogP contribution < -0.4 is 5.73 Å². The van der Waals surface area contributed by atoms with E-state index < -0.39 is 0 Å². The molecule has 20 heavy (non-hydrogen) atoms. The average Bonchev–Trinajstić information content (AvgIpc) is 2.78. The molecule has 0 spiro atoms. The lowest BCUT2D eigenvalue weighted by atomic mass is 10.1. The molecule has 2 aromatic rings. The van der Waals surface area contributed by atoms with Gasteiger partial charge in [0.25, 0.3) is 0 Å². The highest BCUT2D eigenvalue weighted by atomic mass is 35.5. The largest absolute Gasteiger partial charge is 0.463 e. The van der Waals surface area contributed by atoms with Gasteiger partial charge in [-0.2, -0.15) is 0 Å². The van der Waals surface area contributed by atoms with Gasteiger partial charge >= 0.3 is 0 Å². The standard InChI is InChI=1S/C16H21ClN2O/c1-11-8-15(20-16(11)9-18)10-19(3)12(2)13-4-6-14(17)7-5-13/h4-8,12H,9-10,18H2,1-3H3. The number of aryl methyl sites for hydroxylation is 1. The highest BCUT2D eigenvalue weighted by molar-refractivity contribution is 6.30. The predicted octanol–water partition coefficient (Wildman–Crippen LogP) is 3.89. The minimum Gasteiger partial charge on any atom is -0.463 e. The summed E-state index contributed by atoms with van der Waals surface area (Å²) < 4.78 is 5.75. The van der Waals surface area contributed by atoms with Crippen LogP contribution in [-0.4, -0.2) is 11.9 Å². The molecule has 0 aliphatic heterocycles. The maximum Gasteiger partial charge on any atom is 0.120 e. The Hall–Kier alpha value is -1.29. The zero-order chi connectivity index (χ0) is 14.7. The number of rotatable bonds is 5. The topological polar surface area (TPSA) is 42.4 Å². The Kier molecular flexibility index (Phi) is 4.86. The van der Waals surface area contributed by atoms with E-state index in [1.165, 1.54) is 5.56 Å². The Morgan fingerprint density at radius 3 is 2.50 bits per heavy atom. The van der Waals surface area contributed by atoms with Crippen LogP contribution in [-0.2, 0) is 13.1 Å². The second-order valence-electron chi connectivity index (χ2n) is 5.17. The number of benzene rings is 1. The van der Waals surface area contributed by atoms with E-state index in [1.54, 1.807) is 0 Å². The summed E-state index contributed by atoms with van der Waals surface area (Å²) >= 11 is 5.92. The van der Waals surface area contributed by atoms with Crippen LogP contribution in [0.25, 0.3) is 0 Å². The molecule has 2 rings (SSSR count). The molecule has 0 amide bonds. The van der Waals surface area contributed by atoms with Gasteiger partial charge in [-0.25, -0.2) is 0 Å². The number of hydrogen-bond donors (Lipinski definition) is 1. The van der Waals surface area contributed by atoms with Crippen molar-refractivity contribution in [1.29, 1.82) is 0 Å². The first kappa shape index (κ1) is 15.1. The van der Waals surface area contributed by atoms with Crippen LogP contribution in [0.1, 0.15) is 35.6 Å². The van der Waals surface area contributed by atoms with Crippen molar-refractivity contribution in [2.24, 2.45) is 5.73 Å². The third-order valence-electron chi connectivity index (χ3n) is 3.68. The Morgan fingerprint density at radius 1 is 1.30 bits per heavy atom. The highest BCUT2D eigenvalue weighted by Crippen LogP contribution is 2.23. The molecule has 3 nitrogen and oxygen atoms in total. The molecule has 0 aliphatic carbocycles. The fourth-order valence-corrected chi connectivity index (χ4v) is 2.38. The molecule has 0 saturated heterocycles. The van der Waals surface area contributed by atoms with E-state index in [4.69, 9.17) is 21.8 Å². The summed E-state index contributed by atoms with van der Waals surface area (Å²) in [5.74, 6) is 1.82. The average molecular weight is 293 g/mol. The Bertz CT molecular complexity index is 562. The van der Waals surface area contributed by atoms with Crippen LogP contribution in [0, 0.1) is 6.92 Å².